The quantitative estimate of drug-likeness (QED) is 0.559. The van der Waals surface area contributed by atoms with Gasteiger partial charge in [-0.1, -0.05) is 19.3 Å². The highest BCUT2D eigenvalue weighted by atomic mass is 19.4. The average Bonchev–Trinajstić information content (AvgIpc) is 1.85. The summed E-state index contributed by atoms with van der Waals surface area (Å²) < 4.78 is 35.4. The molecule has 1 saturated carbocycles. The van der Waals surface area contributed by atoms with E-state index in [1.54, 1.807) is 0 Å². The molecule has 0 amide bonds. The molecule has 0 aromatic carbocycles. The van der Waals surface area contributed by atoms with Crippen LogP contribution in [-0.4, -0.2) is 6.18 Å². The van der Waals surface area contributed by atoms with Crippen LogP contribution >= 0.6 is 0 Å². The Labute approximate surface area is 64.8 Å². The Kier molecular flexibility index (Phi) is 2.79. The predicted octanol–water partition coefficient (Wildman–Crippen LogP) is 3.33. The van der Waals surface area contributed by atoms with E-state index in [-0.39, 0.29) is 5.92 Å². The fraction of sp³-hybridized carbons (Fsp3) is 0.875. The molecule has 0 heterocycles. The van der Waals surface area contributed by atoms with E-state index in [0.717, 1.165) is 32.1 Å². The third-order valence-corrected chi connectivity index (χ3v) is 2.07. The van der Waals surface area contributed by atoms with Gasteiger partial charge in [0.15, 0.2) is 0 Å². The molecular formula is C8H12F3. The predicted molar refractivity (Wildman–Crippen MR) is 36.9 cm³/mol. The van der Waals surface area contributed by atoms with Gasteiger partial charge in [0.2, 0.25) is 0 Å². The number of halogens is 3. The zero-order valence-electron chi connectivity index (χ0n) is 6.32. The van der Waals surface area contributed by atoms with E-state index in [0.29, 0.717) is 6.42 Å². The summed E-state index contributed by atoms with van der Waals surface area (Å²) in [7, 11) is 0. The van der Waals surface area contributed by atoms with Crippen LogP contribution in [-0.2, 0) is 0 Å². The second-order valence-electron chi connectivity index (χ2n) is 3.11. The largest absolute Gasteiger partial charge is 0.392 e. The maximum Gasteiger partial charge on any atom is 0.392 e. The lowest BCUT2D eigenvalue weighted by Gasteiger charge is -2.21. The van der Waals surface area contributed by atoms with Gasteiger partial charge in [0.05, 0.1) is 6.42 Å². The Hall–Kier alpha value is -0.210. The molecule has 0 N–H and O–H groups in total. The summed E-state index contributed by atoms with van der Waals surface area (Å²) in [6.45, 7) is 0. The highest BCUT2D eigenvalue weighted by molar-refractivity contribution is 4.85. The van der Waals surface area contributed by atoms with Gasteiger partial charge in [0.1, 0.15) is 0 Å². The Morgan fingerprint density at radius 2 is 1.55 bits per heavy atom. The zero-order valence-corrected chi connectivity index (χ0v) is 6.32. The Morgan fingerprint density at radius 1 is 1.00 bits per heavy atom. The van der Waals surface area contributed by atoms with Crippen LogP contribution in [0.4, 0.5) is 13.2 Å². The SMILES string of the molecule is FC(F)(F)[CH]C1CCCCC1. The fourth-order valence-electron chi connectivity index (χ4n) is 1.57. The Morgan fingerprint density at radius 3 is 2.00 bits per heavy atom. The minimum atomic E-state index is -4.07. The van der Waals surface area contributed by atoms with Crippen molar-refractivity contribution in [1.29, 1.82) is 0 Å². The topological polar surface area (TPSA) is 0 Å². The molecule has 1 radical (unpaired) electrons. The molecule has 1 aliphatic rings. The van der Waals surface area contributed by atoms with Crippen molar-refractivity contribution in [3.05, 3.63) is 6.42 Å². The van der Waals surface area contributed by atoms with Crippen molar-refractivity contribution < 1.29 is 13.2 Å². The Balaban J connectivity index is 2.24. The molecule has 0 atom stereocenters. The second kappa shape index (κ2) is 3.46. The van der Waals surface area contributed by atoms with Gasteiger partial charge < -0.3 is 0 Å². The first-order chi connectivity index (χ1) is 5.08. The van der Waals surface area contributed by atoms with Crippen molar-refractivity contribution in [2.45, 2.75) is 38.3 Å². The van der Waals surface area contributed by atoms with Gasteiger partial charge in [-0.15, -0.1) is 0 Å². The normalized spacial score (nSPS) is 22.1. The maximum atomic E-state index is 11.8. The molecule has 65 valence electrons. The molecular weight excluding hydrogens is 153 g/mol. The molecule has 0 bridgehead atoms. The van der Waals surface area contributed by atoms with Gasteiger partial charge in [-0.25, -0.2) is 0 Å². The van der Waals surface area contributed by atoms with Crippen molar-refractivity contribution in [3.8, 4) is 0 Å². The second-order valence-corrected chi connectivity index (χ2v) is 3.11. The van der Waals surface area contributed by atoms with Crippen LogP contribution in [0, 0.1) is 12.3 Å². The van der Waals surface area contributed by atoms with Crippen molar-refractivity contribution in [3.63, 3.8) is 0 Å². The summed E-state index contributed by atoms with van der Waals surface area (Å²) in [5, 5.41) is 0. The zero-order chi connectivity index (χ0) is 8.32. The third-order valence-electron chi connectivity index (χ3n) is 2.07. The lowest BCUT2D eigenvalue weighted by Crippen LogP contribution is -2.18. The molecule has 0 nitrogen and oxygen atoms in total. The van der Waals surface area contributed by atoms with E-state index >= 15 is 0 Å². The first-order valence-corrected chi connectivity index (χ1v) is 4.01. The lowest BCUT2D eigenvalue weighted by atomic mass is 9.87. The summed E-state index contributed by atoms with van der Waals surface area (Å²) in [5.41, 5.74) is 0. The molecule has 0 aromatic rings. The van der Waals surface area contributed by atoms with Crippen molar-refractivity contribution >= 4 is 0 Å². The summed E-state index contributed by atoms with van der Waals surface area (Å²) >= 11 is 0. The highest BCUT2D eigenvalue weighted by Crippen LogP contribution is 2.32. The van der Waals surface area contributed by atoms with Gasteiger partial charge in [-0.3, -0.25) is 0 Å². The van der Waals surface area contributed by atoms with Crippen LogP contribution < -0.4 is 0 Å². The van der Waals surface area contributed by atoms with Crippen molar-refractivity contribution in [1.82, 2.24) is 0 Å². The lowest BCUT2D eigenvalue weighted by molar-refractivity contribution is -0.105. The van der Waals surface area contributed by atoms with Crippen LogP contribution in [0.5, 0.6) is 0 Å². The number of rotatable bonds is 1. The van der Waals surface area contributed by atoms with E-state index in [4.69, 9.17) is 0 Å². The van der Waals surface area contributed by atoms with E-state index in [1.165, 1.54) is 0 Å². The molecule has 1 rings (SSSR count). The number of hydrogen-bond acceptors (Lipinski definition) is 0. The first-order valence-electron chi connectivity index (χ1n) is 4.01. The molecule has 0 aromatic heterocycles. The van der Waals surface area contributed by atoms with E-state index in [9.17, 15) is 13.2 Å². The van der Waals surface area contributed by atoms with Gasteiger partial charge >= 0.3 is 6.18 Å². The van der Waals surface area contributed by atoms with Crippen LogP contribution in [0.15, 0.2) is 0 Å². The number of hydrogen-bond donors (Lipinski definition) is 0. The van der Waals surface area contributed by atoms with E-state index in [2.05, 4.69) is 0 Å². The van der Waals surface area contributed by atoms with Crippen LogP contribution in [0.25, 0.3) is 0 Å². The third kappa shape index (κ3) is 3.63. The maximum absolute atomic E-state index is 11.8. The van der Waals surface area contributed by atoms with Crippen molar-refractivity contribution in [2.24, 2.45) is 5.92 Å². The summed E-state index contributed by atoms with van der Waals surface area (Å²) in [6, 6.07) is 0. The molecule has 0 aliphatic heterocycles. The van der Waals surface area contributed by atoms with E-state index < -0.39 is 6.18 Å². The average molecular weight is 165 g/mol. The monoisotopic (exact) mass is 165 g/mol. The molecule has 0 unspecified atom stereocenters. The highest BCUT2D eigenvalue weighted by Gasteiger charge is 2.32. The standard InChI is InChI=1S/C8H12F3/c9-8(10,11)6-7-4-2-1-3-5-7/h6-7H,1-5H2. The minimum Gasteiger partial charge on any atom is -0.171 e. The summed E-state index contributed by atoms with van der Waals surface area (Å²) in [5.74, 6) is -0.205. The first kappa shape index (κ1) is 8.88. The molecule has 11 heavy (non-hydrogen) atoms. The summed E-state index contributed by atoms with van der Waals surface area (Å²) in [6.07, 6.45) is 0.934. The van der Waals surface area contributed by atoms with Gasteiger partial charge in [0.25, 0.3) is 0 Å². The van der Waals surface area contributed by atoms with Gasteiger partial charge in [-0.2, -0.15) is 13.2 Å². The smallest absolute Gasteiger partial charge is 0.171 e. The van der Waals surface area contributed by atoms with Crippen molar-refractivity contribution in [2.75, 3.05) is 0 Å². The molecule has 3 heteroatoms. The van der Waals surface area contributed by atoms with Crippen LogP contribution in [0.1, 0.15) is 32.1 Å². The van der Waals surface area contributed by atoms with Crippen LogP contribution in [0.2, 0.25) is 0 Å². The van der Waals surface area contributed by atoms with Gasteiger partial charge in [-0.05, 0) is 18.8 Å². The fourth-order valence-corrected chi connectivity index (χ4v) is 1.57. The molecule has 1 aliphatic carbocycles. The van der Waals surface area contributed by atoms with Gasteiger partial charge in [0, 0.05) is 0 Å². The van der Waals surface area contributed by atoms with E-state index in [1.807, 2.05) is 0 Å². The minimum absolute atomic E-state index is 0.205. The molecule has 0 saturated heterocycles. The Bertz CT molecular complexity index is 111. The van der Waals surface area contributed by atoms with Crippen LogP contribution in [0.3, 0.4) is 0 Å². The molecule has 1 fully saturated rings. The summed E-state index contributed by atoms with van der Waals surface area (Å²) in [4.78, 5) is 0. The molecule has 0 spiro atoms. The number of alkyl halides is 3.